The number of rotatable bonds is 14. The second kappa shape index (κ2) is 16.2. The molecule has 0 aliphatic carbocycles. The van der Waals surface area contributed by atoms with Crippen molar-refractivity contribution >= 4 is 21.0 Å². The zero-order valence-corrected chi connectivity index (χ0v) is 21.4. The number of unbranched alkanes of at least 4 members (excludes halogenated alkanes) is 2. The van der Waals surface area contributed by atoms with Crippen LogP contribution in [0.25, 0.3) is 0 Å². The molecule has 0 aliphatic heterocycles. The van der Waals surface area contributed by atoms with Gasteiger partial charge in [0.2, 0.25) is 6.17 Å². The topological polar surface area (TPSA) is 66.4 Å². The van der Waals surface area contributed by atoms with Crippen LogP contribution in [-0.2, 0) is 38.1 Å². The van der Waals surface area contributed by atoms with E-state index in [0.717, 1.165) is 0 Å². The third-order valence-corrected chi connectivity index (χ3v) is 8.26. The van der Waals surface area contributed by atoms with E-state index in [4.69, 9.17) is 0 Å². The number of alkyl halides is 3. The molecule has 34 heavy (non-hydrogen) atoms. The van der Waals surface area contributed by atoms with Gasteiger partial charge in [0.1, 0.15) is 17.3 Å². The SMILES string of the molecule is CCCC[S+](CCCC)Cc1ccccc1.O=S(=O)([O-])C(F)(F)C(F)COCc1ccccc1. The van der Waals surface area contributed by atoms with Crippen molar-refractivity contribution in [1.82, 2.24) is 0 Å². The van der Waals surface area contributed by atoms with Crippen LogP contribution in [0.3, 0.4) is 0 Å². The van der Waals surface area contributed by atoms with E-state index < -0.39 is 28.2 Å². The van der Waals surface area contributed by atoms with Crippen molar-refractivity contribution in [3.63, 3.8) is 0 Å². The molecular formula is C25H35F3O4S2. The first-order valence-electron chi connectivity index (χ1n) is 11.4. The van der Waals surface area contributed by atoms with Gasteiger partial charge in [-0.2, -0.15) is 8.78 Å². The van der Waals surface area contributed by atoms with Gasteiger partial charge in [-0.1, -0.05) is 87.4 Å². The molecule has 0 radical (unpaired) electrons. The van der Waals surface area contributed by atoms with Crippen molar-refractivity contribution in [2.75, 3.05) is 18.1 Å². The molecule has 1 atom stereocenters. The summed E-state index contributed by atoms with van der Waals surface area (Å²) >= 11 is 0. The maximum atomic E-state index is 12.9. The van der Waals surface area contributed by atoms with Gasteiger partial charge >= 0.3 is 5.25 Å². The van der Waals surface area contributed by atoms with E-state index in [2.05, 4.69) is 48.9 Å². The molecule has 0 heterocycles. The second-order valence-electron chi connectivity index (χ2n) is 7.84. The van der Waals surface area contributed by atoms with E-state index in [-0.39, 0.29) is 6.61 Å². The molecule has 2 rings (SSSR count). The van der Waals surface area contributed by atoms with Gasteiger partial charge in [0, 0.05) is 5.56 Å². The molecule has 0 fully saturated rings. The number of benzene rings is 2. The molecule has 0 aromatic heterocycles. The summed E-state index contributed by atoms with van der Waals surface area (Å²) in [5.74, 6) is 4.18. The molecule has 0 N–H and O–H groups in total. The molecule has 0 saturated carbocycles. The largest absolute Gasteiger partial charge is 0.743 e. The minimum Gasteiger partial charge on any atom is -0.743 e. The number of hydrogen-bond donors (Lipinski definition) is 0. The second-order valence-corrected chi connectivity index (χ2v) is 11.6. The molecule has 192 valence electrons. The van der Waals surface area contributed by atoms with E-state index in [9.17, 15) is 26.1 Å². The Morgan fingerprint density at radius 3 is 1.82 bits per heavy atom. The maximum absolute atomic E-state index is 12.9. The lowest BCUT2D eigenvalue weighted by Gasteiger charge is -2.23. The first kappa shape index (κ1) is 30.5. The van der Waals surface area contributed by atoms with Crippen molar-refractivity contribution < 1.29 is 30.9 Å². The van der Waals surface area contributed by atoms with Gasteiger partial charge in [0.05, 0.1) is 13.2 Å². The standard InChI is InChI=1S/C15H25S.C10H11F3O4S/c1-3-5-12-16(13-6-4-2)14-15-10-8-7-9-11-15;11-9(10(12,13)18(14,15)16)7-17-6-8-4-2-1-3-5-8/h7-11H,3-6,12-14H2,1-2H3;1-5,9H,6-7H2,(H,14,15,16)/q+1;/p-1. The molecule has 0 bridgehead atoms. The Labute approximate surface area is 205 Å². The third-order valence-electron chi connectivity index (χ3n) is 4.86. The van der Waals surface area contributed by atoms with Crippen molar-refractivity contribution in [1.29, 1.82) is 0 Å². The Balaban J connectivity index is 0.000000342. The highest BCUT2D eigenvalue weighted by Crippen LogP contribution is 2.27. The molecular weight excluding hydrogens is 485 g/mol. The van der Waals surface area contributed by atoms with Gasteiger partial charge in [0.15, 0.2) is 10.1 Å². The minimum absolute atomic E-state index is 0.157. The van der Waals surface area contributed by atoms with Crippen molar-refractivity contribution in [2.45, 2.75) is 63.3 Å². The van der Waals surface area contributed by atoms with Gasteiger partial charge in [-0.25, -0.2) is 12.8 Å². The molecule has 4 nitrogen and oxygen atoms in total. The van der Waals surface area contributed by atoms with Crippen LogP contribution in [0.2, 0.25) is 0 Å². The van der Waals surface area contributed by atoms with E-state index in [0.29, 0.717) is 16.5 Å². The quantitative estimate of drug-likeness (QED) is 0.224. The molecule has 0 aliphatic rings. The van der Waals surface area contributed by atoms with E-state index in [1.54, 1.807) is 30.3 Å². The highest BCUT2D eigenvalue weighted by Gasteiger charge is 2.47. The Hall–Kier alpha value is -1.55. The zero-order chi connectivity index (χ0) is 25.5. The van der Waals surface area contributed by atoms with Crippen molar-refractivity contribution in [2.24, 2.45) is 0 Å². The first-order valence-corrected chi connectivity index (χ1v) is 14.5. The average molecular weight is 521 g/mol. The molecule has 1 unspecified atom stereocenters. The van der Waals surface area contributed by atoms with Crippen molar-refractivity contribution in [3.05, 3.63) is 71.8 Å². The lowest BCUT2D eigenvalue weighted by atomic mass is 10.2. The summed E-state index contributed by atoms with van der Waals surface area (Å²) in [6, 6.07) is 19.3. The minimum atomic E-state index is -6.03. The zero-order valence-electron chi connectivity index (χ0n) is 19.8. The maximum Gasteiger partial charge on any atom is 0.367 e. The highest BCUT2D eigenvalue weighted by molar-refractivity contribution is 7.96. The summed E-state index contributed by atoms with van der Waals surface area (Å²) in [4.78, 5) is 0. The van der Waals surface area contributed by atoms with Gasteiger partial charge in [-0.3, -0.25) is 0 Å². The van der Waals surface area contributed by atoms with Crippen LogP contribution in [-0.4, -0.2) is 42.5 Å². The predicted octanol–water partition coefficient (Wildman–Crippen LogP) is 6.08. The highest BCUT2D eigenvalue weighted by atomic mass is 32.2. The summed E-state index contributed by atoms with van der Waals surface area (Å²) in [6.07, 6.45) is 2.29. The predicted molar refractivity (Wildman–Crippen MR) is 133 cm³/mol. The van der Waals surface area contributed by atoms with E-state index in [1.807, 2.05) is 0 Å². The molecule has 2 aromatic rings. The van der Waals surface area contributed by atoms with Crippen LogP contribution >= 0.6 is 0 Å². The molecule has 2 aromatic carbocycles. The summed E-state index contributed by atoms with van der Waals surface area (Å²) in [5.41, 5.74) is 2.14. The van der Waals surface area contributed by atoms with Gasteiger partial charge in [0.25, 0.3) is 0 Å². The summed E-state index contributed by atoms with van der Waals surface area (Å²) in [5, 5.41) is -4.98. The van der Waals surface area contributed by atoms with Gasteiger partial charge in [-0.05, 0) is 29.3 Å². The number of halogens is 3. The monoisotopic (exact) mass is 520 g/mol. The lowest BCUT2D eigenvalue weighted by Crippen LogP contribution is -2.41. The Kier molecular flexibility index (Phi) is 14.5. The Morgan fingerprint density at radius 2 is 1.38 bits per heavy atom. The smallest absolute Gasteiger partial charge is 0.367 e. The Bertz CT molecular complexity index is 874. The number of hydrogen-bond acceptors (Lipinski definition) is 4. The molecule has 9 heteroatoms. The van der Waals surface area contributed by atoms with Gasteiger partial charge < -0.3 is 9.29 Å². The van der Waals surface area contributed by atoms with Crippen LogP contribution in [0, 0.1) is 0 Å². The summed E-state index contributed by atoms with van der Waals surface area (Å²) in [6.45, 7) is 3.26. The van der Waals surface area contributed by atoms with E-state index >= 15 is 0 Å². The normalized spacial score (nSPS) is 12.8. The average Bonchev–Trinajstić information content (AvgIpc) is 2.81. The fraction of sp³-hybridized carbons (Fsp3) is 0.520. The molecule has 0 saturated heterocycles. The fourth-order valence-electron chi connectivity index (χ4n) is 2.86. The van der Waals surface area contributed by atoms with Crippen LogP contribution in [0.15, 0.2) is 60.7 Å². The summed E-state index contributed by atoms with van der Waals surface area (Å²) < 4.78 is 73.3. The number of ether oxygens (including phenoxy) is 1. The summed E-state index contributed by atoms with van der Waals surface area (Å²) in [7, 11) is -5.41. The first-order chi connectivity index (χ1) is 16.1. The van der Waals surface area contributed by atoms with Crippen molar-refractivity contribution in [3.8, 4) is 0 Å². The lowest BCUT2D eigenvalue weighted by molar-refractivity contribution is -0.0489. The third kappa shape index (κ3) is 11.7. The Morgan fingerprint density at radius 1 is 0.912 bits per heavy atom. The van der Waals surface area contributed by atoms with E-state index in [1.165, 1.54) is 48.5 Å². The molecule has 0 amide bonds. The van der Waals surface area contributed by atoms with Crippen LogP contribution in [0.4, 0.5) is 13.2 Å². The molecule has 0 spiro atoms. The van der Waals surface area contributed by atoms with Crippen LogP contribution < -0.4 is 0 Å². The van der Waals surface area contributed by atoms with Gasteiger partial charge in [-0.15, -0.1) is 0 Å². The van der Waals surface area contributed by atoms with Crippen LogP contribution in [0.1, 0.15) is 50.7 Å². The van der Waals surface area contributed by atoms with Crippen LogP contribution in [0.5, 0.6) is 0 Å². The fourth-order valence-corrected chi connectivity index (χ4v) is 5.79.